The summed E-state index contributed by atoms with van der Waals surface area (Å²) >= 11 is 0. The van der Waals surface area contributed by atoms with Gasteiger partial charge in [-0.2, -0.15) is 5.26 Å². The summed E-state index contributed by atoms with van der Waals surface area (Å²) in [6, 6.07) is 8.90. The van der Waals surface area contributed by atoms with Gasteiger partial charge in [0.15, 0.2) is 0 Å². The van der Waals surface area contributed by atoms with Gasteiger partial charge >= 0.3 is 5.97 Å². The summed E-state index contributed by atoms with van der Waals surface area (Å²) < 4.78 is 4.89. The molecule has 0 fully saturated rings. The number of anilines is 1. The minimum Gasteiger partial charge on any atom is -0.462 e. The Bertz CT molecular complexity index is 382. The van der Waals surface area contributed by atoms with E-state index in [1.165, 1.54) is 0 Å². The van der Waals surface area contributed by atoms with Gasteiger partial charge in [0, 0.05) is 5.69 Å². The first kappa shape index (κ1) is 11.1. The van der Waals surface area contributed by atoms with Gasteiger partial charge in [-0.05, 0) is 19.1 Å². The zero-order valence-electron chi connectivity index (χ0n) is 8.49. The highest BCUT2D eigenvalue weighted by Crippen LogP contribution is 2.15. The SMILES string of the molecule is CCOC(=O)c1ccccc1NCC#N. The number of nitrogens with zero attached hydrogens (tertiary/aromatic N) is 1. The molecule has 0 saturated carbocycles. The van der Waals surface area contributed by atoms with Gasteiger partial charge in [-0.15, -0.1) is 0 Å². The van der Waals surface area contributed by atoms with Crippen LogP contribution in [0.15, 0.2) is 24.3 Å². The molecule has 0 saturated heterocycles. The van der Waals surface area contributed by atoms with Gasteiger partial charge in [0.25, 0.3) is 0 Å². The molecule has 0 radical (unpaired) electrons. The largest absolute Gasteiger partial charge is 0.462 e. The van der Waals surface area contributed by atoms with Gasteiger partial charge in [-0.3, -0.25) is 0 Å². The van der Waals surface area contributed by atoms with E-state index in [-0.39, 0.29) is 12.5 Å². The van der Waals surface area contributed by atoms with Crippen LogP contribution in [0.2, 0.25) is 0 Å². The molecule has 78 valence electrons. The Morgan fingerprint density at radius 2 is 2.27 bits per heavy atom. The molecule has 0 bridgehead atoms. The van der Waals surface area contributed by atoms with Crippen molar-refractivity contribution in [3.05, 3.63) is 29.8 Å². The maximum atomic E-state index is 11.5. The number of esters is 1. The Hall–Kier alpha value is -2.02. The molecule has 0 aliphatic rings. The maximum absolute atomic E-state index is 11.5. The van der Waals surface area contributed by atoms with Gasteiger partial charge < -0.3 is 10.1 Å². The van der Waals surface area contributed by atoms with E-state index in [9.17, 15) is 4.79 Å². The van der Waals surface area contributed by atoms with E-state index in [2.05, 4.69) is 5.32 Å². The number of hydrogen-bond donors (Lipinski definition) is 1. The third-order valence-corrected chi connectivity index (χ3v) is 1.78. The Kier molecular flexibility index (Phi) is 4.17. The van der Waals surface area contributed by atoms with Crippen LogP contribution in [-0.4, -0.2) is 19.1 Å². The number of hydrogen-bond acceptors (Lipinski definition) is 4. The fourth-order valence-electron chi connectivity index (χ4n) is 1.16. The molecule has 0 atom stereocenters. The Balaban J connectivity index is 2.86. The summed E-state index contributed by atoms with van der Waals surface area (Å²) in [6.07, 6.45) is 0. The summed E-state index contributed by atoms with van der Waals surface area (Å²) in [6.45, 7) is 2.26. The van der Waals surface area contributed by atoms with Gasteiger partial charge in [0.05, 0.1) is 18.2 Å². The molecule has 4 nitrogen and oxygen atoms in total. The van der Waals surface area contributed by atoms with Gasteiger partial charge in [-0.1, -0.05) is 12.1 Å². The van der Waals surface area contributed by atoms with Crippen molar-refractivity contribution in [3.8, 4) is 6.07 Å². The summed E-state index contributed by atoms with van der Waals surface area (Å²) in [7, 11) is 0. The van der Waals surface area contributed by atoms with Gasteiger partial charge in [0.2, 0.25) is 0 Å². The standard InChI is InChI=1S/C11H12N2O2/c1-2-15-11(14)9-5-3-4-6-10(9)13-8-7-12/h3-6,13H,2,8H2,1H3. The summed E-state index contributed by atoms with van der Waals surface area (Å²) in [5.74, 6) is -0.376. The maximum Gasteiger partial charge on any atom is 0.340 e. The lowest BCUT2D eigenvalue weighted by Gasteiger charge is -2.08. The van der Waals surface area contributed by atoms with Crippen LogP contribution in [0, 0.1) is 11.3 Å². The minimum atomic E-state index is -0.376. The zero-order valence-corrected chi connectivity index (χ0v) is 8.49. The normalized spacial score (nSPS) is 9.07. The van der Waals surface area contributed by atoms with Crippen molar-refractivity contribution in [3.63, 3.8) is 0 Å². The third-order valence-electron chi connectivity index (χ3n) is 1.78. The fraction of sp³-hybridized carbons (Fsp3) is 0.273. The number of carbonyl (C=O) groups is 1. The molecular weight excluding hydrogens is 192 g/mol. The highest BCUT2D eigenvalue weighted by Gasteiger charge is 2.10. The average molecular weight is 204 g/mol. The summed E-state index contributed by atoms with van der Waals surface area (Å²) in [4.78, 5) is 11.5. The van der Waals surface area contributed by atoms with E-state index < -0.39 is 0 Å². The molecule has 15 heavy (non-hydrogen) atoms. The Labute approximate surface area is 88.5 Å². The van der Waals surface area contributed by atoms with Crippen LogP contribution in [-0.2, 0) is 4.74 Å². The van der Waals surface area contributed by atoms with E-state index in [0.29, 0.717) is 17.9 Å². The zero-order chi connectivity index (χ0) is 11.1. The van der Waals surface area contributed by atoms with Crippen LogP contribution in [0.4, 0.5) is 5.69 Å². The second-order valence-corrected chi connectivity index (χ2v) is 2.78. The average Bonchev–Trinajstić information content (AvgIpc) is 2.27. The van der Waals surface area contributed by atoms with Crippen LogP contribution in [0.25, 0.3) is 0 Å². The molecule has 0 aliphatic carbocycles. The van der Waals surface area contributed by atoms with Crippen molar-refractivity contribution < 1.29 is 9.53 Å². The highest BCUT2D eigenvalue weighted by molar-refractivity contribution is 5.95. The van der Waals surface area contributed by atoms with Gasteiger partial charge in [0.1, 0.15) is 6.54 Å². The fourth-order valence-corrected chi connectivity index (χ4v) is 1.16. The highest BCUT2D eigenvalue weighted by atomic mass is 16.5. The molecule has 0 spiro atoms. The molecule has 0 heterocycles. The van der Waals surface area contributed by atoms with Crippen LogP contribution < -0.4 is 5.32 Å². The smallest absolute Gasteiger partial charge is 0.340 e. The Morgan fingerprint density at radius 1 is 1.53 bits per heavy atom. The second-order valence-electron chi connectivity index (χ2n) is 2.78. The number of nitrogens with one attached hydrogen (secondary N) is 1. The van der Waals surface area contributed by atoms with E-state index in [0.717, 1.165) is 0 Å². The quantitative estimate of drug-likeness (QED) is 0.600. The summed E-state index contributed by atoms with van der Waals surface area (Å²) in [5.41, 5.74) is 1.08. The van der Waals surface area contributed by atoms with Crippen LogP contribution in [0.3, 0.4) is 0 Å². The molecule has 0 unspecified atom stereocenters. The molecule has 1 aromatic rings. The number of para-hydroxylation sites is 1. The lowest BCUT2D eigenvalue weighted by molar-refractivity contribution is 0.0527. The van der Waals surface area contributed by atoms with Crippen LogP contribution in [0.1, 0.15) is 17.3 Å². The molecule has 0 amide bonds. The first-order chi connectivity index (χ1) is 7.29. The number of carbonyl (C=O) groups excluding carboxylic acids is 1. The summed E-state index contributed by atoms with van der Waals surface area (Å²) in [5, 5.41) is 11.3. The van der Waals surface area contributed by atoms with Crippen molar-refractivity contribution in [1.29, 1.82) is 5.26 Å². The number of nitriles is 1. The molecule has 0 aliphatic heterocycles. The van der Waals surface area contributed by atoms with Crippen molar-refractivity contribution >= 4 is 11.7 Å². The van der Waals surface area contributed by atoms with Crippen molar-refractivity contribution in [2.75, 3.05) is 18.5 Å². The molecule has 1 rings (SSSR count). The predicted octanol–water partition coefficient (Wildman–Crippen LogP) is 1.80. The lowest BCUT2D eigenvalue weighted by Crippen LogP contribution is -2.09. The van der Waals surface area contributed by atoms with Gasteiger partial charge in [-0.25, -0.2) is 4.79 Å². The van der Waals surface area contributed by atoms with E-state index in [1.807, 2.05) is 6.07 Å². The molecule has 1 N–H and O–H groups in total. The first-order valence-electron chi connectivity index (χ1n) is 4.66. The Morgan fingerprint density at radius 3 is 2.93 bits per heavy atom. The van der Waals surface area contributed by atoms with Crippen LogP contribution in [0.5, 0.6) is 0 Å². The lowest BCUT2D eigenvalue weighted by atomic mass is 10.2. The minimum absolute atomic E-state index is 0.163. The number of ether oxygens (including phenoxy) is 1. The third kappa shape index (κ3) is 2.99. The second kappa shape index (κ2) is 5.66. The van der Waals surface area contributed by atoms with E-state index in [1.54, 1.807) is 31.2 Å². The van der Waals surface area contributed by atoms with E-state index in [4.69, 9.17) is 10.00 Å². The van der Waals surface area contributed by atoms with Crippen molar-refractivity contribution in [2.45, 2.75) is 6.92 Å². The number of rotatable bonds is 4. The molecular formula is C11H12N2O2. The predicted molar refractivity (Wildman–Crippen MR) is 56.5 cm³/mol. The molecule has 4 heteroatoms. The van der Waals surface area contributed by atoms with Crippen LogP contribution >= 0.6 is 0 Å². The molecule has 1 aromatic carbocycles. The number of benzene rings is 1. The monoisotopic (exact) mass is 204 g/mol. The van der Waals surface area contributed by atoms with Crippen molar-refractivity contribution in [1.82, 2.24) is 0 Å². The first-order valence-corrected chi connectivity index (χ1v) is 4.66. The molecule has 0 aromatic heterocycles. The van der Waals surface area contributed by atoms with E-state index >= 15 is 0 Å². The van der Waals surface area contributed by atoms with Crippen molar-refractivity contribution in [2.24, 2.45) is 0 Å². The topological polar surface area (TPSA) is 62.1 Å².